The minimum absolute atomic E-state index is 0.163. The number of unbranched alkanes of at least 4 members (excludes halogenated alkanes) is 1. The largest absolute Gasteiger partial charge is 0.367 e. The number of hydrogen-bond acceptors (Lipinski definition) is 5. The lowest BCUT2D eigenvalue weighted by atomic mass is 10.3. The Kier molecular flexibility index (Phi) is 15.4. The minimum Gasteiger partial charge on any atom is -0.367 e. The summed E-state index contributed by atoms with van der Waals surface area (Å²) < 4.78 is 5.68. The molecule has 1 unspecified atom stereocenters. The zero-order valence-corrected chi connectivity index (χ0v) is 14.8. The fourth-order valence-electron chi connectivity index (χ4n) is 1.27. The van der Waals surface area contributed by atoms with Crippen molar-refractivity contribution in [2.75, 3.05) is 39.0 Å². The molecule has 0 aliphatic carbocycles. The van der Waals surface area contributed by atoms with Crippen molar-refractivity contribution >= 4 is 27.6 Å². The molecular formula is C14H27N3O2S2. The molecule has 0 aliphatic heterocycles. The quantitative estimate of drug-likeness (QED) is 0.221. The fourth-order valence-corrected chi connectivity index (χ4v) is 3.28. The molecule has 0 rings (SSSR count). The third kappa shape index (κ3) is 15.7. The Labute approximate surface area is 136 Å². The average Bonchev–Trinajstić information content (AvgIpc) is 2.47. The predicted molar refractivity (Wildman–Crippen MR) is 93.5 cm³/mol. The van der Waals surface area contributed by atoms with E-state index in [1.165, 1.54) is 0 Å². The van der Waals surface area contributed by atoms with Gasteiger partial charge in [0.2, 0.25) is 0 Å². The van der Waals surface area contributed by atoms with Crippen molar-refractivity contribution in [2.24, 2.45) is 0 Å². The van der Waals surface area contributed by atoms with Crippen molar-refractivity contribution in [1.82, 2.24) is 16.0 Å². The van der Waals surface area contributed by atoms with Crippen molar-refractivity contribution in [1.29, 1.82) is 0 Å². The van der Waals surface area contributed by atoms with Gasteiger partial charge >= 0.3 is 6.03 Å². The van der Waals surface area contributed by atoms with E-state index in [0.717, 1.165) is 31.7 Å². The number of amides is 2. The van der Waals surface area contributed by atoms with Gasteiger partial charge in [0, 0.05) is 25.4 Å². The van der Waals surface area contributed by atoms with Gasteiger partial charge in [-0.05, 0) is 33.7 Å². The molecule has 0 aromatic rings. The molecule has 2 amide bonds. The molecular weight excluding hydrogens is 306 g/mol. The Bertz CT molecular complexity index is 319. The predicted octanol–water partition coefficient (Wildman–Crippen LogP) is 2.05. The number of carbonyl (C=O) groups excluding carboxylic acids is 1. The number of ether oxygens (including phenoxy) is 1. The number of rotatable bonds is 12. The topological polar surface area (TPSA) is 62.4 Å². The molecule has 0 fully saturated rings. The highest BCUT2D eigenvalue weighted by Crippen LogP contribution is 2.26. The van der Waals surface area contributed by atoms with Gasteiger partial charge in [-0.3, -0.25) is 0 Å². The van der Waals surface area contributed by atoms with E-state index in [9.17, 15) is 4.79 Å². The van der Waals surface area contributed by atoms with Crippen molar-refractivity contribution < 1.29 is 9.53 Å². The summed E-state index contributed by atoms with van der Waals surface area (Å²) >= 11 is 0. The summed E-state index contributed by atoms with van der Waals surface area (Å²) in [4.78, 5) is 11.3. The van der Waals surface area contributed by atoms with E-state index >= 15 is 0 Å². The van der Waals surface area contributed by atoms with Crippen LogP contribution in [0.3, 0.4) is 0 Å². The number of carbonyl (C=O) groups is 1. The molecule has 5 nitrogen and oxygen atoms in total. The molecule has 0 aromatic heterocycles. The zero-order chi connectivity index (χ0) is 15.8. The molecule has 0 radical (unpaired) electrons. The van der Waals surface area contributed by atoms with Crippen molar-refractivity contribution in [3.05, 3.63) is 0 Å². The van der Waals surface area contributed by atoms with Gasteiger partial charge in [0.15, 0.2) is 0 Å². The molecule has 7 heteroatoms. The van der Waals surface area contributed by atoms with E-state index in [-0.39, 0.29) is 11.5 Å². The van der Waals surface area contributed by atoms with E-state index in [2.05, 4.69) is 34.7 Å². The minimum atomic E-state index is -0.163. The molecule has 0 bridgehead atoms. The van der Waals surface area contributed by atoms with Crippen molar-refractivity contribution in [3.8, 4) is 11.8 Å². The molecule has 0 saturated heterocycles. The SMILES string of the molecule is CC#CCNC(=O)NCCCCOC(C)SSCCNC. The van der Waals surface area contributed by atoms with Crippen LogP contribution in [0.1, 0.15) is 26.7 Å². The van der Waals surface area contributed by atoms with Crippen LogP contribution in [0.15, 0.2) is 0 Å². The Morgan fingerprint density at radius 2 is 2.10 bits per heavy atom. The maximum atomic E-state index is 11.3. The second-order valence-corrected chi connectivity index (χ2v) is 6.99. The monoisotopic (exact) mass is 333 g/mol. The van der Waals surface area contributed by atoms with Crippen LogP contribution in [0.25, 0.3) is 0 Å². The van der Waals surface area contributed by atoms with Gasteiger partial charge in [0.25, 0.3) is 0 Å². The van der Waals surface area contributed by atoms with Crippen molar-refractivity contribution in [3.63, 3.8) is 0 Å². The second-order valence-electron chi connectivity index (χ2n) is 4.20. The van der Waals surface area contributed by atoms with Crippen LogP contribution in [-0.4, -0.2) is 50.5 Å². The molecule has 0 saturated carbocycles. The molecule has 0 heterocycles. The maximum Gasteiger partial charge on any atom is 0.315 e. The van der Waals surface area contributed by atoms with Crippen LogP contribution < -0.4 is 16.0 Å². The summed E-state index contributed by atoms with van der Waals surface area (Å²) in [7, 11) is 5.53. The molecule has 0 aromatic carbocycles. The first-order valence-corrected chi connectivity index (χ1v) is 9.54. The molecule has 0 spiro atoms. The Morgan fingerprint density at radius 3 is 2.81 bits per heavy atom. The van der Waals surface area contributed by atoms with E-state index in [1.54, 1.807) is 17.7 Å². The van der Waals surface area contributed by atoms with Gasteiger partial charge in [-0.2, -0.15) is 0 Å². The third-order valence-corrected chi connectivity index (χ3v) is 5.00. The first-order valence-electron chi connectivity index (χ1n) is 7.16. The standard InChI is InChI=1S/C14H27N3O2S2/c1-4-5-8-16-14(18)17-9-6-7-11-19-13(2)21-20-12-10-15-3/h13,15H,6-12H2,1-3H3,(H2,16,17,18). The highest BCUT2D eigenvalue weighted by molar-refractivity contribution is 8.76. The second kappa shape index (κ2) is 15.8. The molecule has 3 N–H and O–H groups in total. The Morgan fingerprint density at radius 1 is 1.29 bits per heavy atom. The number of urea groups is 1. The van der Waals surface area contributed by atoms with Crippen LogP contribution in [0.5, 0.6) is 0 Å². The first-order chi connectivity index (χ1) is 10.2. The normalized spacial score (nSPS) is 11.4. The Balaban J connectivity index is 3.30. The van der Waals surface area contributed by atoms with Gasteiger partial charge < -0.3 is 20.7 Å². The van der Waals surface area contributed by atoms with Crippen LogP contribution >= 0.6 is 21.6 Å². The highest BCUT2D eigenvalue weighted by Gasteiger charge is 2.03. The summed E-state index contributed by atoms with van der Waals surface area (Å²) in [5, 5.41) is 8.56. The van der Waals surface area contributed by atoms with Crippen LogP contribution in [0.4, 0.5) is 4.79 Å². The van der Waals surface area contributed by atoms with E-state index in [1.807, 2.05) is 17.8 Å². The molecule has 1 atom stereocenters. The van der Waals surface area contributed by atoms with Gasteiger partial charge in [-0.15, -0.1) is 5.92 Å². The lowest BCUT2D eigenvalue weighted by molar-refractivity contribution is 0.121. The number of hydrogen-bond donors (Lipinski definition) is 3. The lowest BCUT2D eigenvalue weighted by Gasteiger charge is -2.12. The summed E-state index contributed by atoms with van der Waals surface area (Å²) in [5.74, 6) is 6.58. The first kappa shape index (κ1) is 20.5. The molecule has 0 aliphatic rings. The summed E-state index contributed by atoms with van der Waals surface area (Å²) in [5.41, 5.74) is 0.204. The highest BCUT2D eigenvalue weighted by atomic mass is 33.1. The number of nitrogens with one attached hydrogen (secondary N) is 3. The fraction of sp³-hybridized carbons (Fsp3) is 0.786. The summed E-state index contributed by atoms with van der Waals surface area (Å²) in [6.45, 7) is 6.61. The van der Waals surface area contributed by atoms with Gasteiger partial charge in [-0.1, -0.05) is 27.5 Å². The maximum absolute atomic E-state index is 11.3. The molecule has 122 valence electrons. The Hall–Kier alpha value is -0.550. The van der Waals surface area contributed by atoms with Crippen molar-refractivity contribution in [2.45, 2.75) is 32.1 Å². The van der Waals surface area contributed by atoms with Gasteiger partial charge in [0.1, 0.15) is 5.44 Å². The van der Waals surface area contributed by atoms with E-state index in [4.69, 9.17) is 4.74 Å². The van der Waals surface area contributed by atoms with Crippen LogP contribution in [0, 0.1) is 11.8 Å². The summed E-state index contributed by atoms with van der Waals surface area (Å²) in [6.07, 6.45) is 1.86. The lowest BCUT2D eigenvalue weighted by Crippen LogP contribution is -2.36. The van der Waals surface area contributed by atoms with Crippen LogP contribution in [-0.2, 0) is 4.74 Å². The third-order valence-electron chi connectivity index (χ3n) is 2.36. The van der Waals surface area contributed by atoms with E-state index in [0.29, 0.717) is 13.1 Å². The smallest absolute Gasteiger partial charge is 0.315 e. The van der Waals surface area contributed by atoms with Gasteiger partial charge in [0.05, 0.1) is 6.54 Å². The van der Waals surface area contributed by atoms with Gasteiger partial charge in [-0.25, -0.2) is 4.79 Å². The summed E-state index contributed by atoms with van der Waals surface area (Å²) in [6, 6.07) is -0.163. The zero-order valence-electron chi connectivity index (χ0n) is 13.2. The van der Waals surface area contributed by atoms with Crippen LogP contribution in [0.2, 0.25) is 0 Å². The molecule has 21 heavy (non-hydrogen) atoms. The van der Waals surface area contributed by atoms with E-state index < -0.39 is 0 Å². The average molecular weight is 334 g/mol.